The Kier molecular flexibility index (Phi) is 7.14. The molecule has 0 bridgehead atoms. The quantitative estimate of drug-likeness (QED) is 0.646. The van der Waals surface area contributed by atoms with Gasteiger partial charge in [0, 0.05) is 13.1 Å². The Labute approximate surface area is 94.6 Å². The van der Waals surface area contributed by atoms with Crippen molar-refractivity contribution in [3.8, 4) is 0 Å². The molecule has 92 valence electrons. The van der Waals surface area contributed by atoms with Crippen molar-refractivity contribution in [2.75, 3.05) is 26.2 Å². The molecule has 0 rings (SSSR count). The van der Waals surface area contributed by atoms with E-state index in [1.165, 1.54) is 0 Å². The smallest absolute Gasteiger partial charge is 0.0741 e. The van der Waals surface area contributed by atoms with E-state index >= 15 is 0 Å². The molecule has 1 unspecified atom stereocenters. The highest BCUT2D eigenvalue weighted by molar-refractivity contribution is 4.73. The van der Waals surface area contributed by atoms with Gasteiger partial charge >= 0.3 is 0 Å². The summed E-state index contributed by atoms with van der Waals surface area (Å²) in [6.45, 7) is 12.1. The van der Waals surface area contributed by atoms with Crippen LogP contribution in [-0.4, -0.2) is 41.8 Å². The molecule has 0 spiro atoms. The standard InChI is InChI=1S/C12H28N2O/c1-5-14(9-11(2)3)8-6-7-12(4,15)10-13/h11,15H,5-10,13H2,1-4H3. The Morgan fingerprint density at radius 3 is 2.40 bits per heavy atom. The van der Waals surface area contributed by atoms with Gasteiger partial charge in [-0.05, 0) is 38.8 Å². The van der Waals surface area contributed by atoms with Crippen LogP contribution in [0, 0.1) is 5.92 Å². The number of aliphatic hydroxyl groups is 1. The van der Waals surface area contributed by atoms with Crippen LogP contribution in [-0.2, 0) is 0 Å². The van der Waals surface area contributed by atoms with Crippen LogP contribution >= 0.6 is 0 Å². The summed E-state index contributed by atoms with van der Waals surface area (Å²) in [5.41, 5.74) is 4.79. The van der Waals surface area contributed by atoms with Gasteiger partial charge in [-0.15, -0.1) is 0 Å². The molecule has 0 aliphatic heterocycles. The molecule has 0 fully saturated rings. The number of rotatable bonds is 8. The molecular weight excluding hydrogens is 188 g/mol. The normalized spacial score (nSPS) is 16.0. The predicted octanol–water partition coefficient (Wildman–Crippen LogP) is 1.45. The Bertz CT molecular complexity index is 158. The Morgan fingerprint density at radius 1 is 1.40 bits per heavy atom. The number of hydrogen-bond donors (Lipinski definition) is 2. The van der Waals surface area contributed by atoms with Crippen LogP contribution in [0.2, 0.25) is 0 Å². The minimum absolute atomic E-state index is 0.351. The van der Waals surface area contributed by atoms with E-state index in [-0.39, 0.29) is 0 Å². The maximum absolute atomic E-state index is 9.75. The Morgan fingerprint density at radius 2 is 2.00 bits per heavy atom. The van der Waals surface area contributed by atoms with Gasteiger partial charge in [0.05, 0.1) is 5.60 Å². The third kappa shape index (κ3) is 7.77. The Balaban J connectivity index is 3.72. The molecule has 0 amide bonds. The molecule has 3 nitrogen and oxygen atoms in total. The summed E-state index contributed by atoms with van der Waals surface area (Å²) in [5.74, 6) is 0.708. The van der Waals surface area contributed by atoms with E-state index in [2.05, 4.69) is 25.7 Å². The van der Waals surface area contributed by atoms with Crippen molar-refractivity contribution in [3.05, 3.63) is 0 Å². The molecule has 0 aliphatic carbocycles. The second-order valence-corrected chi connectivity index (χ2v) is 5.09. The second-order valence-electron chi connectivity index (χ2n) is 5.09. The van der Waals surface area contributed by atoms with Crippen molar-refractivity contribution in [1.82, 2.24) is 4.90 Å². The second kappa shape index (κ2) is 7.20. The van der Waals surface area contributed by atoms with Crippen molar-refractivity contribution in [2.24, 2.45) is 11.7 Å². The van der Waals surface area contributed by atoms with Crippen LogP contribution in [0.15, 0.2) is 0 Å². The van der Waals surface area contributed by atoms with E-state index in [1.807, 2.05) is 6.92 Å². The SMILES string of the molecule is CCN(CCCC(C)(O)CN)CC(C)C. The third-order valence-electron chi connectivity index (χ3n) is 2.70. The monoisotopic (exact) mass is 216 g/mol. The van der Waals surface area contributed by atoms with Gasteiger partial charge in [-0.1, -0.05) is 20.8 Å². The van der Waals surface area contributed by atoms with Crippen molar-refractivity contribution < 1.29 is 5.11 Å². The van der Waals surface area contributed by atoms with Gasteiger partial charge < -0.3 is 15.7 Å². The minimum Gasteiger partial charge on any atom is -0.389 e. The first-order valence-corrected chi connectivity index (χ1v) is 6.06. The van der Waals surface area contributed by atoms with Crippen molar-refractivity contribution in [3.63, 3.8) is 0 Å². The van der Waals surface area contributed by atoms with E-state index in [4.69, 9.17) is 5.73 Å². The summed E-state index contributed by atoms with van der Waals surface area (Å²) < 4.78 is 0. The molecule has 0 saturated carbocycles. The number of nitrogens with two attached hydrogens (primary N) is 1. The van der Waals surface area contributed by atoms with Crippen LogP contribution in [0.25, 0.3) is 0 Å². The van der Waals surface area contributed by atoms with Gasteiger partial charge in [-0.2, -0.15) is 0 Å². The largest absolute Gasteiger partial charge is 0.389 e. The molecule has 15 heavy (non-hydrogen) atoms. The maximum atomic E-state index is 9.75. The van der Waals surface area contributed by atoms with Gasteiger partial charge in [-0.3, -0.25) is 0 Å². The molecule has 1 atom stereocenters. The Hall–Kier alpha value is -0.120. The topological polar surface area (TPSA) is 49.5 Å². The zero-order chi connectivity index (χ0) is 11.9. The first kappa shape index (κ1) is 14.9. The summed E-state index contributed by atoms with van der Waals surface area (Å²) in [5, 5.41) is 9.75. The average Bonchev–Trinajstić information content (AvgIpc) is 2.15. The molecule has 3 heteroatoms. The van der Waals surface area contributed by atoms with E-state index in [0.717, 1.165) is 32.5 Å². The molecule has 0 aromatic heterocycles. The fourth-order valence-electron chi connectivity index (χ4n) is 1.68. The van der Waals surface area contributed by atoms with E-state index in [0.29, 0.717) is 12.5 Å². The summed E-state index contributed by atoms with van der Waals surface area (Å²) in [6, 6.07) is 0. The first-order chi connectivity index (χ1) is 6.91. The molecule has 0 saturated heterocycles. The maximum Gasteiger partial charge on any atom is 0.0741 e. The summed E-state index contributed by atoms with van der Waals surface area (Å²) in [6.07, 6.45) is 1.81. The molecule has 0 radical (unpaired) electrons. The van der Waals surface area contributed by atoms with Gasteiger partial charge in [0.15, 0.2) is 0 Å². The molecule has 0 aliphatic rings. The highest BCUT2D eigenvalue weighted by Crippen LogP contribution is 2.11. The van der Waals surface area contributed by atoms with E-state index < -0.39 is 5.60 Å². The predicted molar refractivity (Wildman–Crippen MR) is 65.9 cm³/mol. The highest BCUT2D eigenvalue weighted by atomic mass is 16.3. The van der Waals surface area contributed by atoms with E-state index in [1.54, 1.807) is 0 Å². The van der Waals surface area contributed by atoms with Crippen LogP contribution < -0.4 is 5.73 Å². The van der Waals surface area contributed by atoms with Crippen molar-refractivity contribution in [2.45, 2.75) is 46.1 Å². The minimum atomic E-state index is -0.683. The van der Waals surface area contributed by atoms with Crippen LogP contribution in [0.5, 0.6) is 0 Å². The molecule has 0 heterocycles. The van der Waals surface area contributed by atoms with E-state index in [9.17, 15) is 5.11 Å². The van der Waals surface area contributed by atoms with Gasteiger partial charge in [-0.25, -0.2) is 0 Å². The lowest BCUT2D eigenvalue weighted by Crippen LogP contribution is -2.36. The van der Waals surface area contributed by atoms with Crippen LogP contribution in [0.4, 0.5) is 0 Å². The molecule has 0 aromatic carbocycles. The summed E-state index contributed by atoms with van der Waals surface area (Å²) in [4.78, 5) is 2.43. The molecule has 3 N–H and O–H groups in total. The summed E-state index contributed by atoms with van der Waals surface area (Å²) in [7, 11) is 0. The third-order valence-corrected chi connectivity index (χ3v) is 2.70. The fourth-order valence-corrected chi connectivity index (χ4v) is 1.68. The zero-order valence-corrected chi connectivity index (χ0v) is 10.8. The van der Waals surface area contributed by atoms with Gasteiger partial charge in [0.25, 0.3) is 0 Å². The number of hydrogen-bond acceptors (Lipinski definition) is 3. The van der Waals surface area contributed by atoms with Gasteiger partial charge in [0.2, 0.25) is 0 Å². The highest BCUT2D eigenvalue weighted by Gasteiger charge is 2.17. The van der Waals surface area contributed by atoms with Gasteiger partial charge in [0.1, 0.15) is 0 Å². The molecular formula is C12H28N2O. The average molecular weight is 216 g/mol. The van der Waals surface area contributed by atoms with Crippen molar-refractivity contribution >= 4 is 0 Å². The van der Waals surface area contributed by atoms with Crippen LogP contribution in [0.3, 0.4) is 0 Å². The first-order valence-electron chi connectivity index (χ1n) is 6.06. The van der Waals surface area contributed by atoms with Crippen LogP contribution in [0.1, 0.15) is 40.5 Å². The lowest BCUT2D eigenvalue weighted by atomic mass is 10.0. The number of nitrogens with zero attached hydrogens (tertiary/aromatic N) is 1. The lowest BCUT2D eigenvalue weighted by molar-refractivity contribution is 0.0542. The summed E-state index contributed by atoms with van der Waals surface area (Å²) >= 11 is 0. The fraction of sp³-hybridized carbons (Fsp3) is 1.00. The zero-order valence-electron chi connectivity index (χ0n) is 10.8. The lowest BCUT2D eigenvalue weighted by Gasteiger charge is -2.25. The molecule has 0 aromatic rings. The van der Waals surface area contributed by atoms with Crippen molar-refractivity contribution in [1.29, 1.82) is 0 Å².